The Labute approximate surface area is 118 Å². The first kappa shape index (κ1) is 13.4. The lowest BCUT2D eigenvalue weighted by Gasteiger charge is -2.10. The van der Waals surface area contributed by atoms with Gasteiger partial charge in [-0.1, -0.05) is 25.7 Å². The topological polar surface area (TPSA) is 35.8 Å². The molecule has 2 rings (SSSR count). The van der Waals surface area contributed by atoms with Crippen molar-refractivity contribution in [2.45, 2.75) is 38.5 Å². The number of benzene rings is 1. The van der Waals surface area contributed by atoms with Gasteiger partial charge in [-0.15, -0.1) is 0 Å². The monoisotopic (exact) mass is 306 g/mol. The Bertz CT molecular complexity index is 431. The van der Waals surface area contributed by atoms with Crippen LogP contribution in [0.2, 0.25) is 0 Å². The van der Waals surface area contributed by atoms with Gasteiger partial charge in [-0.05, 0) is 52.9 Å². The van der Waals surface area contributed by atoms with Gasteiger partial charge in [-0.25, -0.2) is 0 Å². The predicted molar refractivity (Wildman–Crippen MR) is 78.5 cm³/mol. The molecule has 1 fully saturated rings. The standard InChI is InChI=1S/C15H19BrN2/c16-15-10-14(8-7-13(15)11-17)18-9-3-6-12-4-1-2-5-12/h7-8,10,12,18H,1-6,9H2. The Morgan fingerprint density at radius 3 is 2.78 bits per heavy atom. The SMILES string of the molecule is N#Cc1ccc(NCCCC2CCCC2)cc1Br. The highest BCUT2D eigenvalue weighted by molar-refractivity contribution is 9.10. The molecule has 1 aromatic rings. The first-order valence-electron chi connectivity index (χ1n) is 6.73. The summed E-state index contributed by atoms with van der Waals surface area (Å²) >= 11 is 3.41. The van der Waals surface area contributed by atoms with Crippen LogP contribution in [0.4, 0.5) is 5.69 Å². The van der Waals surface area contributed by atoms with Crippen LogP contribution in [-0.2, 0) is 0 Å². The van der Waals surface area contributed by atoms with Crippen molar-refractivity contribution in [3.05, 3.63) is 28.2 Å². The number of nitrogens with zero attached hydrogens (tertiary/aromatic N) is 1. The Kier molecular flexibility index (Phi) is 5.07. The molecular formula is C15H19BrN2. The molecular weight excluding hydrogens is 288 g/mol. The summed E-state index contributed by atoms with van der Waals surface area (Å²) in [6, 6.07) is 7.95. The van der Waals surface area contributed by atoms with Crippen LogP contribution in [0.3, 0.4) is 0 Å². The zero-order chi connectivity index (χ0) is 12.8. The Balaban J connectivity index is 1.73. The van der Waals surface area contributed by atoms with Crippen molar-refractivity contribution in [3.8, 4) is 6.07 Å². The van der Waals surface area contributed by atoms with Crippen molar-refractivity contribution >= 4 is 21.6 Å². The van der Waals surface area contributed by atoms with Crippen molar-refractivity contribution < 1.29 is 0 Å². The van der Waals surface area contributed by atoms with Crippen molar-refractivity contribution in [2.24, 2.45) is 5.92 Å². The molecule has 0 bridgehead atoms. The van der Waals surface area contributed by atoms with E-state index in [2.05, 4.69) is 27.3 Å². The number of nitrogens with one attached hydrogen (secondary N) is 1. The number of halogens is 1. The highest BCUT2D eigenvalue weighted by Gasteiger charge is 2.13. The van der Waals surface area contributed by atoms with E-state index in [9.17, 15) is 0 Å². The average molecular weight is 307 g/mol. The van der Waals surface area contributed by atoms with E-state index in [-0.39, 0.29) is 0 Å². The first-order valence-corrected chi connectivity index (χ1v) is 7.52. The van der Waals surface area contributed by atoms with Crippen LogP contribution in [-0.4, -0.2) is 6.54 Å². The van der Waals surface area contributed by atoms with Gasteiger partial charge in [0.15, 0.2) is 0 Å². The number of hydrogen-bond donors (Lipinski definition) is 1. The van der Waals surface area contributed by atoms with Crippen molar-refractivity contribution in [3.63, 3.8) is 0 Å². The van der Waals surface area contributed by atoms with Crippen LogP contribution in [0, 0.1) is 17.2 Å². The molecule has 1 N–H and O–H groups in total. The third kappa shape index (κ3) is 3.74. The van der Waals surface area contributed by atoms with Crippen LogP contribution in [0.1, 0.15) is 44.1 Å². The maximum absolute atomic E-state index is 8.84. The summed E-state index contributed by atoms with van der Waals surface area (Å²) in [6.45, 7) is 1.02. The highest BCUT2D eigenvalue weighted by Crippen LogP contribution is 2.28. The maximum Gasteiger partial charge on any atom is 0.100 e. The Morgan fingerprint density at radius 1 is 1.33 bits per heavy atom. The summed E-state index contributed by atoms with van der Waals surface area (Å²) in [6.07, 6.45) is 8.32. The summed E-state index contributed by atoms with van der Waals surface area (Å²) in [5, 5.41) is 12.3. The molecule has 0 aliphatic heterocycles. The van der Waals surface area contributed by atoms with E-state index in [1.54, 1.807) is 0 Å². The van der Waals surface area contributed by atoms with E-state index < -0.39 is 0 Å². The van der Waals surface area contributed by atoms with Crippen LogP contribution < -0.4 is 5.32 Å². The fourth-order valence-electron chi connectivity index (χ4n) is 2.64. The molecule has 0 saturated heterocycles. The quantitative estimate of drug-likeness (QED) is 0.800. The molecule has 1 aliphatic rings. The van der Waals surface area contributed by atoms with E-state index in [1.165, 1.54) is 38.5 Å². The molecule has 1 aliphatic carbocycles. The van der Waals surface area contributed by atoms with E-state index >= 15 is 0 Å². The summed E-state index contributed by atoms with van der Waals surface area (Å²) < 4.78 is 0.866. The molecule has 2 nitrogen and oxygen atoms in total. The third-order valence-electron chi connectivity index (χ3n) is 3.68. The normalized spacial score (nSPS) is 15.6. The number of hydrogen-bond acceptors (Lipinski definition) is 2. The molecule has 0 heterocycles. The summed E-state index contributed by atoms with van der Waals surface area (Å²) in [5.74, 6) is 0.972. The fourth-order valence-corrected chi connectivity index (χ4v) is 3.11. The minimum Gasteiger partial charge on any atom is -0.385 e. The molecule has 1 aromatic carbocycles. The van der Waals surface area contributed by atoms with Gasteiger partial charge >= 0.3 is 0 Å². The second-order valence-corrected chi connectivity index (χ2v) is 5.88. The zero-order valence-electron chi connectivity index (χ0n) is 10.6. The number of rotatable bonds is 5. The van der Waals surface area contributed by atoms with Crippen LogP contribution in [0.15, 0.2) is 22.7 Å². The third-order valence-corrected chi connectivity index (χ3v) is 4.34. The maximum atomic E-state index is 8.84. The van der Waals surface area contributed by atoms with Gasteiger partial charge in [0, 0.05) is 16.7 Å². The van der Waals surface area contributed by atoms with Gasteiger partial charge in [-0.3, -0.25) is 0 Å². The molecule has 96 valence electrons. The molecule has 0 atom stereocenters. The van der Waals surface area contributed by atoms with Crippen molar-refractivity contribution in [2.75, 3.05) is 11.9 Å². The minimum atomic E-state index is 0.687. The Hall–Kier alpha value is -1.01. The fraction of sp³-hybridized carbons (Fsp3) is 0.533. The van der Waals surface area contributed by atoms with Crippen LogP contribution in [0.25, 0.3) is 0 Å². The van der Waals surface area contributed by atoms with Crippen LogP contribution >= 0.6 is 15.9 Å². The van der Waals surface area contributed by atoms with Crippen molar-refractivity contribution in [1.29, 1.82) is 5.26 Å². The molecule has 0 aromatic heterocycles. The van der Waals surface area contributed by atoms with Gasteiger partial charge in [0.25, 0.3) is 0 Å². The molecule has 18 heavy (non-hydrogen) atoms. The molecule has 1 saturated carbocycles. The summed E-state index contributed by atoms with van der Waals surface area (Å²) in [7, 11) is 0. The van der Waals surface area contributed by atoms with Gasteiger partial charge < -0.3 is 5.32 Å². The van der Waals surface area contributed by atoms with E-state index in [4.69, 9.17) is 5.26 Å². The molecule has 0 radical (unpaired) electrons. The second-order valence-electron chi connectivity index (χ2n) is 5.03. The van der Waals surface area contributed by atoms with Crippen molar-refractivity contribution in [1.82, 2.24) is 0 Å². The van der Waals surface area contributed by atoms with Crippen LogP contribution in [0.5, 0.6) is 0 Å². The summed E-state index contributed by atoms with van der Waals surface area (Å²) in [5.41, 5.74) is 1.78. The lowest BCUT2D eigenvalue weighted by atomic mass is 10.0. The van der Waals surface area contributed by atoms with E-state index in [0.717, 1.165) is 22.6 Å². The number of nitriles is 1. The first-order chi connectivity index (χ1) is 8.79. The lowest BCUT2D eigenvalue weighted by Crippen LogP contribution is -2.04. The lowest BCUT2D eigenvalue weighted by molar-refractivity contribution is 0.491. The molecule has 0 spiro atoms. The zero-order valence-corrected chi connectivity index (χ0v) is 12.2. The molecule has 3 heteroatoms. The summed E-state index contributed by atoms with van der Waals surface area (Å²) in [4.78, 5) is 0. The second kappa shape index (κ2) is 6.80. The van der Waals surface area contributed by atoms with Gasteiger partial charge in [0.05, 0.1) is 5.56 Å². The van der Waals surface area contributed by atoms with Gasteiger partial charge in [0.2, 0.25) is 0 Å². The smallest absolute Gasteiger partial charge is 0.100 e. The van der Waals surface area contributed by atoms with E-state index in [0.29, 0.717) is 5.56 Å². The predicted octanol–water partition coefficient (Wildman–Crippen LogP) is 4.70. The molecule has 0 unspecified atom stereocenters. The largest absolute Gasteiger partial charge is 0.385 e. The average Bonchev–Trinajstić information content (AvgIpc) is 2.88. The van der Waals surface area contributed by atoms with Gasteiger partial charge in [-0.2, -0.15) is 5.26 Å². The number of anilines is 1. The minimum absolute atomic E-state index is 0.687. The van der Waals surface area contributed by atoms with E-state index in [1.807, 2.05) is 18.2 Å². The van der Waals surface area contributed by atoms with Gasteiger partial charge in [0.1, 0.15) is 6.07 Å². The Morgan fingerprint density at radius 2 is 2.11 bits per heavy atom. The highest BCUT2D eigenvalue weighted by atomic mass is 79.9. The molecule has 0 amide bonds.